The van der Waals surface area contributed by atoms with Crippen LogP contribution in [0.15, 0.2) is 53.9 Å². The number of rotatable bonds is 5. The Morgan fingerprint density at radius 2 is 1.88 bits per heavy atom. The summed E-state index contributed by atoms with van der Waals surface area (Å²) in [6, 6.07) is 12.6. The van der Waals surface area contributed by atoms with Crippen LogP contribution in [0.2, 0.25) is 0 Å². The molecule has 1 unspecified atom stereocenters. The molecule has 4 aromatic rings. The van der Waals surface area contributed by atoms with Crippen LogP contribution in [-0.2, 0) is 6.42 Å². The number of hydrogen-bond acceptors (Lipinski definition) is 5. The molecule has 0 N–H and O–H groups in total. The summed E-state index contributed by atoms with van der Waals surface area (Å²) in [6.45, 7) is 2.55. The quantitative estimate of drug-likeness (QED) is 0.307. The van der Waals surface area contributed by atoms with Crippen molar-refractivity contribution < 1.29 is 13.6 Å². The number of hydrogen-bond donors (Lipinski definition) is 0. The number of carbonyl (C=O) groups is 1. The highest BCUT2D eigenvalue weighted by molar-refractivity contribution is 7.15. The molecule has 2 aromatic carbocycles. The van der Waals surface area contributed by atoms with E-state index in [9.17, 15) is 13.6 Å². The smallest absolute Gasteiger partial charge is 0.274 e. The van der Waals surface area contributed by atoms with E-state index in [1.807, 2.05) is 23.3 Å². The molecule has 0 bridgehead atoms. The Kier molecular flexibility index (Phi) is 6.52. The van der Waals surface area contributed by atoms with Crippen LogP contribution < -0.4 is 0 Å². The molecular formula is C26H23F2N3OS2. The van der Waals surface area contributed by atoms with E-state index in [1.54, 1.807) is 18.2 Å². The van der Waals surface area contributed by atoms with Gasteiger partial charge in [0.25, 0.3) is 5.91 Å². The predicted molar refractivity (Wildman–Crippen MR) is 132 cm³/mol. The summed E-state index contributed by atoms with van der Waals surface area (Å²) in [5.74, 6) is -0.683. The number of benzene rings is 2. The Hall–Kier alpha value is -2.97. The van der Waals surface area contributed by atoms with Gasteiger partial charge in [-0.15, -0.1) is 22.7 Å². The molecule has 1 amide bonds. The molecule has 1 aliphatic heterocycles. The number of piperidine rings is 1. The van der Waals surface area contributed by atoms with Crippen molar-refractivity contribution in [2.45, 2.75) is 38.6 Å². The fourth-order valence-corrected chi connectivity index (χ4v) is 6.16. The van der Waals surface area contributed by atoms with E-state index in [0.29, 0.717) is 18.7 Å². The minimum Gasteiger partial charge on any atom is -0.334 e. The first-order valence-electron chi connectivity index (χ1n) is 11.2. The van der Waals surface area contributed by atoms with E-state index in [2.05, 4.69) is 4.98 Å². The molecule has 5 rings (SSSR count). The van der Waals surface area contributed by atoms with Gasteiger partial charge in [0.1, 0.15) is 17.3 Å². The third-order valence-electron chi connectivity index (χ3n) is 6.01. The zero-order valence-corrected chi connectivity index (χ0v) is 20.3. The number of nitrogens with zero attached hydrogens (tertiary/aromatic N) is 3. The van der Waals surface area contributed by atoms with E-state index in [0.717, 1.165) is 51.0 Å². The third kappa shape index (κ3) is 4.79. The number of likely N-dealkylation sites (tertiary alicyclic amines) is 1. The fourth-order valence-electron chi connectivity index (χ4n) is 4.37. The van der Waals surface area contributed by atoms with Crippen molar-refractivity contribution in [1.82, 2.24) is 14.9 Å². The van der Waals surface area contributed by atoms with Gasteiger partial charge in [-0.25, -0.2) is 18.7 Å². The lowest BCUT2D eigenvalue weighted by Gasteiger charge is -2.35. The van der Waals surface area contributed by atoms with Crippen LogP contribution in [0, 0.1) is 18.6 Å². The fraction of sp³-hybridized carbons (Fsp3) is 0.269. The topological polar surface area (TPSA) is 46.1 Å². The standard InChI is InChI=1S/C26H23F2N3OS2/c1-16-29-24(25(34-16)17-8-10-19(27)11-9-17)26(32)31-12-3-2-7-21(31)14-23-30-22(15-33-23)18-5-4-6-20(28)13-18/h4-6,8-11,13,15,21H,2-3,7,12,14H2,1H3. The second-order valence-electron chi connectivity index (χ2n) is 8.41. The number of halogens is 2. The Balaban J connectivity index is 1.39. The molecule has 1 saturated heterocycles. The number of amides is 1. The molecule has 2 aromatic heterocycles. The first kappa shape index (κ1) is 22.8. The molecule has 174 valence electrons. The molecule has 1 fully saturated rings. The zero-order valence-electron chi connectivity index (χ0n) is 18.6. The second kappa shape index (κ2) is 9.72. The van der Waals surface area contributed by atoms with Crippen molar-refractivity contribution in [3.8, 4) is 21.7 Å². The van der Waals surface area contributed by atoms with Crippen LogP contribution in [0.25, 0.3) is 21.7 Å². The van der Waals surface area contributed by atoms with Gasteiger partial charge >= 0.3 is 0 Å². The first-order valence-corrected chi connectivity index (χ1v) is 12.9. The van der Waals surface area contributed by atoms with Gasteiger partial charge in [0.2, 0.25) is 0 Å². The predicted octanol–water partition coefficient (Wildman–Crippen LogP) is 6.76. The van der Waals surface area contributed by atoms with Gasteiger partial charge in [-0.1, -0.05) is 24.3 Å². The highest BCUT2D eigenvalue weighted by atomic mass is 32.1. The van der Waals surface area contributed by atoms with Crippen molar-refractivity contribution in [1.29, 1.82) is 0 Å². The van der Waals surface area contributed by atoms with E-state index in [1.165, 1.54) is 46.9 Å². The summed E-state index contributed by atoms with van der Waals surface area (Å²) in [5, 5.41) is 3.67. The van der Waals surface area contributed by atoms with Crippen LogP contribution in [-0.4, -0.2) is 33.4 Å². The largest absolute Gasteiger partial charge is 0.334 e. The van der Waals surface area contributed by atoms with E-state index >= 15 is 0 Å². The van der Waals surface area contributed by atoms with Gasteiger partial charge in [-0.2, -0.15) is 0 Å². The molecule has 1 atom stereocenters. The SMILES string of the molecule is Cc1nc(C(=O)N2CCCCC2Cc2nc(-c3cccc(F)c3)cs2)c(-c2ccc(F)cc2)s1. The van der Waals surface area contributed by atoms with Crippen LogP contribution in [0.1, 0.15) is 39.8 Å². The van der Waals surface area contributed by atoms with Crippen molar-refractivity contribution in [3.05, 3.63) is 81.3 Å². The first-order chi connectivity index (χ1) is 16.5. The minimum absolute atomic E-state index is 0.0239. The van der Waals surface area contributed by atoms with Crippen molar-refractivity contribution in [2.75, 3.05) is 6.54 Å². The molecule has 3 heterocycles. The molecule has 4 nitrogen and oxygen atoms in total. The van der Waals surface area contributed by atoms with E-state index < -0.39 is 0 Å². The normalized spacial score (nSPS) is 16.1. The molecule has 8 heteroatoms. The van der Waals surface area contributed by atoms with E-state index in [4.69, 9.17) is 4.98 Å². The summed E-state index contributed by atoms with van der Waals surface area (Å²) in [6.07, 6.45) is 3.55. The Labute approximate surface area is 204 Å². The number of thiazole rings is 2. The molecular weight excluding hydrogens is 472 g/mol. The average Bonchev–Trinajstić information content (AvgIpc) is 3.46. The van der Waals surface area contributed by atoms with Crippen LogP contribution in [0.3, 0.4) is 0 Å². The van der Waals surface area contributed by atoms with Gasteiger partial charge in [0.05, 0.1) is 20.6 Å². The maximum atomic E-state index is 13.7. The summed E-state index contributed by atoms with van der Waals surface area (Å²) in [7, 11) is 0. The number of aromatic nitrogens is 2. The van der Waals surface area contributed by atoms with Gasteiger partial charge in [0.15, 0.2) is 0 Å². The molecule has 34 heavy (non-hydrogen) atoms. The molecule has 0 spiro atoms. The second-order valence-corrected chi connectivity index (χ2v) is 10.6. The highest BCUT2D eigenvalue weighted by Gasteiger charge is 2.31. The maximum Gasteiger partial charge on any atom is 0.274 e. The molecule has 0 radical (unpaired) electrons. The van der Waals surface area contributed by atoms with Crippen LogP contribution in [0.5, 0.6) is 0 Å². The van der Waals surface area contributed by atoms with Crippen molar-refractivity contribution >= 4 is 28.6 Å². The van der Waals surface area contributed by atoms with E-state index in [-0.39, 0.29) is 23.6 Å². The Morgan fingerprint density at radius 1 is 1.06 bits per heavy atom. The van der Waals surface area contributed by atoms with Crippen molar-refractivity contribution in [3.63, 3.8) is 0 Å². The zero-order chi connectivity index (χ0) is 23.7. The maximum absolute atomic E-state index is 13.7. The number of aryl methyl sites for hydroxylation is 1. The minimum atomic E-state index is -0.310. The lowest BCUT2D eigenvalue weighted by molar-refractivity contribution is 0.0609. The van der Waals surface area contributed by atoms with Crippen molar-refractivity contribution in [2.24, 2.45) is 0 Å². The Morgan fingerprint density at radius 3 is 2.68 bits per heavy atom. The summed E-state index contributed by atoms with van der Waals surface area (Å²) >= 11 is 2.99. The lowest BCUT2D eigenvalue weighted by atomic mass is 9.98. The van der Waals surface area contributed by atoms with Gasteiger partial charge in [0, 0.05) is 30.0 Å². The molecule has 1 aliphatic rings. The van der Waals surface area contributed by atoms with Gasteiger partial charge < -0.3 is 4.90 Å². The summed E-state index contributed by atoms with van der Waals surface area (Å²) in [5.41, 5.74) is 2.73. The number of carbonyl (C=O) groups excluding carboxylic acids is 1. The average molecular weight is 496 g/mol. The van der Waals surface area contributed by atoms with Crippen LogP contribution >= 0.6 is 22.7 Å². The highest BCUT2D eigenvalue weighted by Crippen LogP contribution is 2.33. The monoisotopic (exact) mass is 495 g/mol. The molecule has 0 aliphatic carbocycles. The van der Waals surface area contributed by atoms with Gasteiger partial charge in [-0.05, 0) is 56.0 Å². The molecule has 0 saturated carbocycles. The third-order valence-corrected chi connectivity index (χ3v) is 7.90. The van der Waals surface area contributed by atoms with Crippen LogP contribution in [0.4, 0.5) is 8.78 Å². The summed E-state index contributed by atoms with van der Waals surface area (Å²) < 4.78 is 27.1. The lowest BCUT2D eigenvalue weighted by Crippen LogP contribution is -2.45. The summed E-state index contributed by atoms with van der Waals surface area (Å²) in [4.78, 5) is 25.7. The van der Waals surface area contributed by atoms with Gasteiger partial charge in [-0.3, -0.25) is 4.79 Å². The Bertz CT molecular complexity index is 1320.